The average Bonchev–Trinajstić information content (AvgIpc) is 2.36. The van der Waals surface area contributed by atoms with Crippen molar-refractivity contribution in [2.45, 2.75) is 12.5 Å². The van der Waals surface area contributed by atoms with Crippen molar-refractivity contribution in [3.05, 3.63) is 34.4 Å². The molecule has 0 spiro atoms. The topological polar surface area (TPSA) is 132 Å². The smallest absolute Gasteiger partial charge is 0.320 e. The van der Waals surface area contributed by atoms with Gasteiger partial charge in [-0.1, -0.05) is 12.1 Å². The summed E-state index contributed by atoms with van der Waals surface area (Å²) < 4.78 is 0. The fourth-order valence-corrected chi connectivity index (χ4v) is 1.51. The number of rotatable bonds is 5. The molecule has 0 aliphatic carbocycles. The maximum Gasteiger partial charge on any atom is 0.320 e. The number of anilines is 1. The average molecular weight is 287 g/mol. The number of carboxylic acids is 1. The van der Waals surface area contributed by atoms with Gasteiger partial charge in [-0.05, 0) is 24.5 Å². The predicted octanol–water partition coefficient (Wildman–Crippen LogP) is 1.33. The van der Waals surface area contributed by atoms with Crippen LogP contribution in [-0.4, -0.2) is 34.0 Å². The zero-order valence-corrected chi connectivity index (χ0v) is 11.3. The lowest BCUT2D eigenvalue weighted by Gasteiger charge is -2.02. The maximum atomic E-state index is 10.1. The third kappa shape index (κ3) is 7.27. The highest BCUT2D eigenvalue weighted by atomic mass is 32.2. The number of nitrogens with zero attached hydrogens (tertiary/aromatic N) is 1. The molecule has 0 aliphatic heterocycles. The number of nitro benzene ring substituents is 1. The number of hydrogen-bond donors (Lipinski definition) is 3. The van der Waals surface area contributed by atoms with E-state index < -0.39 is 16.9 Å². The summed E-state index contributed by atoms with van der Waals surface area (Å²) in [5.74, 6) is -0.1000. The maximum absolute atomic E-state index is 10.1. The van der Waals surface area contributed by atoms with Crippen molar-refractivity contribution in [2.75, 3.05) is 17.7 Å². The van der Waals surface area contributed by atoms with Gasteiger partial charge in [0.05, 0.1) is 4.92 Å². The van der Waals surface area contributed by atoms with Gasteiger partial charge in [0.1, 0.15) is 11.7 Å². The second kappa shape index (κ2) is 9.17. The van der Waals surface area contributed by atoms with Crippen LogP contribution in [0.4, 0.5) is 11.4 Å². The van der Waals surface area contributed by atoms with E-state index in [1.165, 1.54) is 12.1 Å². The first-order valence-electron chi connectivity index (χ1n) is 5.36. The standard InChI is InChI=1S/C6H6N2O2.C5H11NO2S/c7-5-3-1-2-4-6(5)8(9)10;1-9-3-2-4(6)5(7)8/h1-4H,7H2;4H,2-3,6H2,1H3,(H,7,8). The lowest BCUT2D eigenvalue weighted by Crippen LogP contribution is -2.30. The molecule has 0 amide bonds. The Morgan fingerprint density at radius 3 is 2.47 bits per heavy atom. The molecule has 106 valence electrons. The number of thioether (sulfide) groups is 1. The van der Waals surface area contributed by atoms with Crippen LogP contribution in [0.2, 0.25) is 0 Å². The Hall–Kier alpha value is -1.80. The van der Waals surface area contributed by atoms with Crippen LogP contribution in [0.15, 0.2) is 24.3 Å². The molecule has 19 heavy (non-hydrogen) atoms. The van der Waals surface area contributed by atoms with Crippen LogP contribution in [0.25, 0.3) is 0 Å². The molecule has 1 aromatic carbocycles. The minimum Gasteiger partial charge on any atom is -0.480 e. The molecule has 5 N–H and O–H groups in total. The van der Waals surface area contributed by atoms with E-state index in [1.54, 1.807) is 23.9 Å². The predicted molar refractivity (Wildman–Crippen MR) is 76.1 cm³/mol. The molecule has 0 saturated carbocycles. The van der Waals surface area contributed by atoms with Crippen LogP contribution in [-0.2, 0) is 4.79 Å². The SMILES string of the molecule is CSCCC(N)C(=O)O.Nc1ccccc1[N+](=O)[O-]. The normalized spacial score (nSPS) is 11.1. The highest BCUT2D eigenvalue weighted by Crippen LogP contribution is 2.18. The van der Waals surface area contributed by atoms with Gasteiger partial charge in [0, 0.05) is 6.07 Å². The zero-order valence-electron chi connectivity index (χ0n) is 10.5. The summed E-state index contributed by atoms with van der Waals surface area (Å²) in [7, 11) is 0. The number of para-hydroxylation sites is 2. The molecule has 1 unspecified atom stereocenters. The lowest BCUT2D eigenvalue weighted by molar-refractivity contribution is -0.383. The molecule has 1 aromatic rings. The number of hydrogen-bond acceptors (Lipinski definition) is 6. The van der Waals surface area contributed by atoms with Gasteiger partial charge in [0.15, 0.2) is 0 Å². The van der Waals surface area contributed by atoms with Gasteiger partial charge in [-0.3, -0.25) is 14.9 Å². The van der Waals surface area contributed by atoms with Crippen LogP contribution in [0, 0.1) is 10.1 Å². The Balaban J connectivity index is 0.000000344. The monoisotopic (exact) mass is 287 g/mol. The summed E-state index contributed by atoms with van der Waals surface area (Å²) in [5.41, 5.74) is 10.6. The first kappa shape index (κ1) is 17.2. The highest BCUT2D eigenvalue weighted by Gasteiger charge is 2.09. The second-order valence-corrected chi connectivity index (χ2v) is 4.53. The van der Waals surface area contributed by atoms with Gasteiger partial charge in [0.25, 0.3) is 5.69 Å². The first-order chi connectivity index (χ1) is 8.90. The molecule has 1 rings (SSSR count). The van der Waals surface area contributed by atoms with Gasteiger partial charge < -0.3 is 16.6 Å². The lowest BCUT2D eigenvalue weighted by atomic mass is 10.2. The molecule has 0 aliphatic rings. The van der Waals surface area contributed by atoms with Gasteiger partial charge >= 0.3 is 5.97 Å². The van der Waals surface area contributed by atoms with Crippen LogP contribution in [0.5, 0.6) is 0 Å². The van der Waals surface area contributed by atoms with E-state index in [1.807, 2.05) is 6.26 Å². The number of nitrogen functional groups attached to an aromatic ring is 1. The van der Waals surface area contributed by atoms with Crippen molar-refractivity contribution in [3.63, 3.8) is 0 Å². The molecule has 7 nitrogen and oxygen atoms in total. The van der Waals surface area contributed by atoms with E-state index in [0.717, 1.165) is 5.75 Å². The molecule has 0 heterocycles. The number of nitro groups is 1. The van der Waals surface area contributed by atoms with Crippen molar-refractivity contribution in [2.24, 2.45) is 5.73 Å². The number of carboxylic acid groups (broad SMARTS) is 1. The second-order valence-electron chi connectivity index (χ2n) is 3.54. The minimum atomic E-state index is -0.913. The zero-order chi connectivity index (χ0) is 14.8. The van der Waals surface area contributed by atoms with E-state index in [2.05, 4.69) is 0 Å². The van der Waals surface area contributed by atoms with Crippen LogP contribution >= 0.6 is 11.8 Å². The molecule has 1 atom stereocenters. The minimum absolute atomic E-state index is 0.0394. The van der Waals surface area contributed by atoms with Gasteiger partial charge in [-0.15, -0.1) is 0 Å². The van der Waals surface area contributed by atoms with E-state index in [-0.39, 0.29) is 11.4 Å². The molecule has 0 radical (unpaired) electrons. The van der Waals surface area contributed by atoms with E-state index in [4.69, 9.17) is 16.6 Å². The van der Waals surface area contributed by atoms with Crippen LogP contribution < -0.4 is 11.5 Å². The highest BCUT2D eigenvalue weighted by molar-refractivity contribution is 7.98. The number of nitrogens with two attached hydrogens (primary N) is 2. The van der Waals surface area contributed by atoms with E-state index in [0.29, 0.717) is 6.42 Å². The van der Waals surface area contributed by atoms with Crippen molar-refractivity contribution < 1.29 is 14.8 Å². The van der Waals surface area contributed by atoms with Crippen LogP contribution in [0.1, 0.15) is 6.42 Å². The quantitative estimate of drug-likeness (QED) is 0.422. The largest absolute Gasteiger partial charge is 0.480 e. The Morgan fingerprint density at radius 2 is 2.11 bits per heavy atom. The van der Waals surface area contributed by atoms with Crippen molar-refractivity contribution >= 4 is 29.1 Å². The molecule has 0 bridgehead atoms. The molecular formula is C11H17N3O4S. The van der Waals surface area contributed by atoms with E-state index >= 15 is 0 Å². The summed E-state index contributed by atoms with van der Waals surface area (Å²) in [6, 6.07) is 5.42. The fraction of sp³-hybridized carbons (Fsp3) is 0.364. The van der Waals surface area contributed by atoms with Gasteiger partial charge in [-0.2, -0.15) is 11.8 Å². The molecule has 8 heteroatoms. The summed E-state index contributed by atoms with van der Waals surface area (Å²) >= 11 is 1.60. The first-order valence-corrected chi connectivity index (χ1v) is 6.75. The number of aliphatic carboxylic acids is 1. The molecular weight excluding hydrogens is 270 g/mol. The van der Waals surface area contributed by atoms with Crippen molar-refractivity contribution in [1.29, 1.82) is 0 Å². The summed E-state index contributed by atoms with van der Waals surface area (Å²) in [4.78, 5) is 19.7. The van der Waals surface area contributed by atoms with Gasteiger partial charge in [-0.25, -0.2) is 0 Å². The molecule has 0 saturated heterocycles. The van der Waals surface area contributed by atoms with Crippen molar-refractivity contribution in [3.8, 4) is 0 Å². The number of benzene rings is 1. The summed E-state index contributed by atoms with van der Waals surface area (Å²) in [5, 5.41) is 18.4. The third-order valence-corrected chi connectivity index (χ3v) is 2.73. The number of carbonyl (C=O) groups is 1. The van der Waals surface area contributed by atoms with Gasteiger partial charge in [0.2, 0.25) is 0 Å². The van der Waals surface area contributed by atoms with E-state index in [9.17, 15) is 14.9 Å². The molecule has 0 fully saturated rings. The Morgan fingerprint density at radius 1 is 1.53 bits per heavy atom. The van der Waals surface area contributed by atoms with Crippen LogP contribution in [0.3, 0.4) is 0 Å². The summed E-state index contributed by atoms with van der Waals surface area (Å²) in [6.07, 6.45) is 2.48. The fourth-order valence-electron chi connectivity index (χ4n) is 1.02. The Kier molecular flexibility index (Phi) is 8.30. The van der Waals surface area contributed by atoms with Crippen molar-refractivity contribution in [1.82, 2.24) is 0 Å². The summed E-state index contributed by atoms with van der Waals surface area (Å²) in [6.45, 7) is 0. The Labute approximate surface area is 115 Å². The molecule has 0 aromatic heterocycles. The Bertz CT molecular complexity index is 428. The third-order valence-electron chi connectivity index (χ3n) is 2.08.